The van der Waals surface area contributed by atoms with Crippen LogP contribution in [0.15, 0.2) is 23.1 Å². The fraction of sp³-hybridized carbons (Fsp3) is 0.200. The Morgan fingerprint density at radius 2 is 2.16 bits per heavy atom. The average molecular weight is 320 g/mol. The summed E-state index contributed by atoms with van der Waals surface area (Å²) in [5.74, 6) is 0. The number of methoxy groups -OCH3 is 1. The van der Waals surface area contributed by atoms with Crippen molar-refractivity contribution in [1.82, 2.24) is 9.36 Å². The van der Waals surface area contributed by atoms with Gasteiger partial charge in [-0.15, -0.1) is 4.37 Å². The molecule has 0 radical (unpaired) electrons. The van der Waals surface area contributed by atoms with Gasteiger partial charge in [0.15, 0.2) is 0 Å². The predicted molar refractivity (Wildman–Crippen MR) is 73.5 cm³/mol. The molecule has 0 spiro atoms. The lowest BCUT2D eigenvalue weighted by Crippen LogP contribution is -2.14. The molecule has 2 rings (SSSR count). The van der Waals surface area contributed by atoms with Crippen LogP contribution in [-0.2, 0) is 10.0 Å². The van der Waals surface area contributed by atoms with Crippen LogP contribution in [0.4, 0.5) is 5.13 Å². The molecular formula is C10H10ClN3O3S2. The van der Waals surface area contributed by atoms with E-state index < -0.39 is 10.0 Å². The molecule has 1 N–H and O–H groups in total. The Bertz CT molecular complexity index is 700. The van der Waals surface area contributed by atoms with Gasteiger partial charge in [0.1, 0.15) is 0 Å². The highest BCUT2D eigenvalue weighted by atomic mass is 35.5. The Kier molecular flexibility index (Phi) is 3.93. The fourth-order valence-electron chi connectivity index (χ4n) is 1.38. The van der Waals surface area contributed by atoms with Crippen molar-refractivity contribution in [2.45, 2.75) is 11.8 Å². The van der Waals surface area contributed by atoms with Gasteiger partial charge in [0, 0.05) is 16.6 Å². The van der Waals surface area contributed by atoms with E-state index in [0.29, 0.717) is 10.6 Å². The number of halogens is 1. The van der Waals surface area contributed by atoms with E-state index >= 15 is 0 Å². The Balaban J connectivity index is 2.35. The molecule has 1 heterocycles. The van der Waals surface area contributed by atoms with Crippen molar-refractivity contribution in [2.24, 2.45) is 0 Å². The molecule has 0 saturated carbocycles. The summed E-state index contributed by atoms with van der Waals surface area (Å²) in [6, 6.07) is 4.79. The molecule has 9 heteroatoms. The second-order valence-electron chi connectivity index (χ2n) is 3.55. The van der Waals surface area contributed by atoms with Crippen molar-refractivity contribution in [3.63, 3.8) is 0 Å². The number of hydrogen-bond donors (Lipinski definition) is 1. The zero-order valence-corrected chi connectivity index (χ0v) is 12.4. The van der Waals surface area contributed by atoms with Crippen molar-refractivity contribution < 1.29 is 13.2 Å². The van der Waals surface area contributed by atoms with E-state index in [1.807, 2.05) is 0 Å². The maximum Gasteiger partial charge on any atom is 0.329 e. The van der Waals surface area contributed by atoms with Crippen molar-refractivity contribution >= 4 is 38.3 Å². The minimum Gasteiger partial charge on any atom is -0.466 e. The number of rotatable bonds is 4. The highest BCUT2D eigenvalue weighted by molar-refractivity contribution is 7.93. The standard InChI is InChI=1S/C10H10ClN3O3S2/c1-6-7(11)4-3-5-8(6)19(15,16)14-10-12-9(17-2)13-18-10/h3-5H,1-2H3,(H,12,13,14). The van der Waals surface area contributed by atoms with Crippen LogP contribution in [-0.4, -0.2) is 24.9 Å². The van der Waals surface area contributed by atoms with E-state index in [1.54, 1.807) is 19.1 Å². The summed E-state index contributed by atoms with van der Waals surface area (Å²) in [5.41, 5.74) is 0.480. The second-order valence-corrected chi connectivity index (χ2v) is 6.36. The molecule has 19 heavy (non-hydrogen) atoms. The van der Waals surface area contributed by atoms with E-state index in [0.717, 1.165) is 11.5 Å². The lowest BCUT2D eigenvalue weighted by atomic mass is 10.2. The van der Waals surface area contributed by atoms with Crippen LogP contribution >= 0.6 is 23.1 Å². The first-order valence-corrected chi connectivity index (χ1v) is 7.73. The summed E-state index contributed by atoms with van der Waals surface area (Å²) in [5, 5.41) is 0.522. The number of aromatic nitrogens is 2. The first-order valence-electron chi connectivity index (χ1n) is 5.09. The number of nitrogens with one attached hydrogen (secondary N) is 1. The lowest BCUT2D eigenvalue weighted by molar-refractivity contribution is 0.386. The van der Waals surface area contributed by atoms with Crippen molar-refractivity contribution in [1.29, 1.82) is 0 Å². The van der Waals surface area contributed by atoms with Crippen LogP contribution in [0.5, 0.6) is 6.01 Å². The summed E-state index contributed by atoms with van der Waals surface area (Å²) < 4.78 is 35.3. The Morgan fingerprint density at radius 3 is 2.79 bits per heavy atom. The predicted octanol–water partition coefficient (Wildman–Crippen LogP) is 2.31. The van der Waals surface area contributed by atoms with Gasteiger partial charge in [-0.2, -0.15) is 4.98 Å². The molecule has 0 aliphatic rings. The van der Waals surface area contributed by atoms with Crippen LogP contribution in [0.3, 0.4) is 0 Å². The SMILES string of the molecule is COc1nsc(NS(=O)(=O)c2cccc(Cl)c2C)n1. The fourth-order valence-corrected chi connectivity index (χ4v) is 3.65. The normalized spacial score (nSPS) is 11.3. The summed E-state index contributed by atoms with van der Waals surface area (Å²) in [7, 11) is -2.34. The van der Waals surface area contributed by atoms with Gasteiger partial charge in [0.25, 0.3) is 10.0 Å². The van der Waals surface area contributed by atoms with Crippen molar-refractivity contribution in [2.75, 3.05) is 11.8 Å². The summed E-state index contributed by atoms with van der Waals surface area (Å²) in [6.45, 7) is 1.64. The van der Waals surface area contributed by atoms with E-state index in [4.69, 9.17) is 16.3 Å². The van der Waals surface area contributed by atoms with Gasteiger partial charge in [0.2, 0.25) is 5.13 Å². The molecule has 0 atom stereocenters. The van der Waals surface area contributed by atoms with Crippen molar-refractivity contribution in [3.05, 3.63) is 28.8 Å². The van der Waals surface area contributed by atoms with E-state index in [2.05, 4.69) is 14.1 Å². The smallest absolute Gasteiger partial charge is 0.329 e. The van der Waals surface area contributed by atoms with E-state index in [9.17, 15) is 8.42 Å². The quantitative estimate of drug-likeness (QED) is 0.935. The van der Waals surface area contributed by atoms with Crippen LogP contribution in [0.2, 0.25) is 5.02 Å². The van der Waals surface area contributed by atoms with Crippen LogP contribution in [0.25, 0.3) is 0 Å². The van der Waals surface area contributed by atoms with Crippen molar-refractivity contribution in [3.8, 4) is 6.01 Å². The topological polar surface area (TPSA) is 81.2 Å². The number of sulfonamides is 1. The number of ether oxygens (including phenoxy) is 1. The van der Waals surface area contributed by atoms with Gasteiger partial charge in [-0.3, -0.25) is 4.72 Å². The molecular weight excluding hydrogens is 310 g/mol. The average Bonchev–Trinajstić information content (AvgIpc) is 2.79. The molecule has 0 bridgehead atoms. The lowest BCUT2D eigenvalue weighted by Gasteiger charge is -2.08. The molecule has 0 fully saturated rings. The maximum atomic E-state index is 12.2. The Hall–Kier alpha value is -1.38. The number of hydrogen-bond acceptors (Lipinski definition) is 6. The number of nitrogens with zero attached hydrogens (tertiary/aromatic N) is 2. The molecule has 1 aromatic heterocycles. The third-order valence-corrected chi connectivity index (χ3v) is 4.95. The summed E-state index contributed by atoms with van der Waals surface area (Å²) in [4.78, 5) is 3.96. The van der Waals surface area contributed by atoms with E-state index in [1.165, 1.54) is 13.2 Å². The first kappa shape index (κ1) is 14.0. The van der Waals surface area contributed by atoms with Crippen LogP contribution < -0.4 is 9.46 Å². The molecule has 0 aliphatic heterocycles. The van der Waals surface area contributed by atoms with E-state index in [-0.39, 0.29) is 16.0 Å². The molecule has 102 valence electrons. The third-order valence-electron chi connectivity index (χ3n) is 2.32. The van der Waals surface area contributed by atoms with Gasteiger partial charge in [-0.25, -0.2) is 8.42 Å². The van der Waals surface area contributed by atoms with Gasteiger partial charge in [-0.05, 0) is 24.6 Å². The molecule has 0 aliphatic carbocycles. The number of benzene rings is 1. The molecule has 0 amide bonds. The first-order chi connectivity index (χ1) is 8.94. The van der Waals surface area contributed by atoms with Gasteiger partial charge in [-0.1, -0.05) is 17.7 Å². The van der Waals surface area contributed by atoms with Gasteiger partial charge >= 0.3 is 6.01 Å². The van der Waals surface area contributed by atoms with Crippen LogP contribution in [0, 0.1) is 6.92 Å². The molecule has 0 unspecified atom stereocenters. The van der Waals surface area contributed by atoms with Gasteiger partial charge < -0.3 is 4.74 Å². The zero-order valence-electron chi connectivity index (χ0n) is 10.0. The molecule has 0 saturated heterocycles. The highest BCUT2D eigenvalue weighted by Crippen LogP contribution is 2.25. The maximum absolute atomic E-state index is 12.2. The van der Waals surface area contributed by atoms with Gasteiger partial charge in [0.05, 0.1) is 12.0 Å². The van der Waals surface area contributed by atoms with Crippen LogP contribution in [0.1, 0.15) is 5.56 Å². The Morgan fingerprint density at radius 1 is 1.42 bits per heavy atom. The zero-order chi connectivity index (χ0) is 14.0. The number of anilines is 1. The Labute approximate surface area is 119 Å². The minimum absolute atomic E-state index is 0.106. The molecule has 6 nitrogen and oxygen atoms in total. The minimum atomic E-state index is -3.74. The summed E-state index contributed by atoms with van der Waals surface area (Å²) in [6.07, 6.45) is 0. The monoisotopic (exact) mass is 319 g/mol. The third kappa shape index (κ3) is 2.96. The summed E-state index contributed by atoms with van der Waals surface area (Å²) >= 11 is 6.81. The molecule has 2 aromatic rings. The largest absolute Gasteiger partial charge is 0.466 e. The molecule has 1 aromatic carbocycles. The highest BCUT2D eigenvalue weighted by Gasteiger charge is 2.20. The second kappa shape index (κ2) is 5.32.